The molecule has 0 spiro atoms. The van der Waals surface area contributed by atoms with Gasteiger partial charge in [-0.05, 0) is 17.7 Å². The number of amides is 1. The van der Waals surface area contributed by atoms with Crippen molar-refractivity contribution < 1.29 is 9.53 Å². The van der Waals surface area contributed by atoms with Crippen molar-refractivity contribution in [2.45, 2.75) is 6.04 Å². The summed E-state index contributed by atoms with van der Waals surface area (Å²) in [5, 5.41) is 3.78. The number of halogens is 3. The molecule has 7 heteroatoms. The first kappa shape index (κ1) is 16.4. The molecule has 0 saturated carbocycles. The van der Waals surface area contributed by atoms with Crippen LogP contribution in [-0.4, -0.2) is 37.6 Å². The SMILES string of the molecule is COc1cc(Cl)c2c(c1)C1CNCCN1C2=O.Cl.Cl. The van der Waals surface area contributed by atoms with E-state index in [1.807, 2.05) is 11.0 Å². The fourth-order valence-corrected chi connectivity index (χ4v) is 2.87. The fraction of sp³-hybridized carbons (Fsp3) is 0.417. The molecule has 1 saturated heterocycles. The molecule has 0 bridgehead atoms. The second-order valence-corrected chi connectivity index (χ2v) is 4.70. The lowest BCUT2D eigenvalue weighted by atomic mass is 10.0. The number of rotatable bonds is 1. The summed E-state index contributed by atoms with van der Waals surface area (Å²) >= 11 is 6.17. The summed E-state index contributed by atoms with van der Waals surface area (Å²) in [6, 6.07) is 3.71. The third-order valence-corrected chi connectivity index (χ3v) is 3.71. The van der Waals surface area contributed by atoms with Crippen molar-refractivity contribution in [3.8, 4) is 5.75 Å². The molecular weight excluding hydrogens is 311 g/mol. The van der Waals surface area contributed by atoms with Crippen molar-refractivity contribution in [1.29, 1.82) is 0 Å². The number of hydrogen-bond donors (Lipinski definition) is 1. The van der Waals surface area contributed by atoms with Crippen LogP contribution in [-0.2, 0) is 0 Å². The Balaban J connectivity index is 0.000000902. The molecule has 1 N–H and O–H groups in total. The Bertz CT molecular complexity index is 496. The molecule has 1 atom stereocenters. The highest BCUT2D eigenvalue weighted by atomic mass is 35.5. The van der Waals surface area contributed by atoms with Crippen LogP contribution >= 0.6 is 36.4 Å². The first-order valence-corrected chi connectivity index (χ1v) is 5.99. The number of nitrogens with one attached hydrogen (secondary N) is 1. The number of methoxy groups -OCH3 is 1. The van der Waals surface area contributed by atoms with Crippen LogP contribution in [0.15, 0.2) is 12.1 Å². The van der Waals surface area contributed by atoms with Crippen LogP contribution in [0.3, 0.4) is 0 Å². The Hall–Kier alpha value is -0.680. The van der Waals surface area contributed by atoms with E-state index in [1.165, 1.54) is 0 Å². The first-order valence-electron chi connectivity index (χ1n) is 5.61. The van der Waals surface area contributed by atoms with E-state index in [-0.39, 0.29) is 36.8 Å². The summed E-state index contributed by atoms with van der Waals surface area (Å²) in [5.41, 5.74) is 1.62. The summed E-state index contributed by atoms with van der Waals surface area (Å²) in [7, 11) is 1.60. The highest BCUT2D eigenvalue weighted by Gasteiger charge is 2.39. The predicted octanol–water partition coefficient (Wildman–Crippen LogP) is 2.29. The van der Waals surface area contributed by atoms with Crippen LogP contribution < -0.4 is 10.1 Å². The fourth-order valence-electron chi connectivity index (χ4n) is 2.58. The molecule has 4 nitrogen and oxygen atoms in total. The molecule has 2 aliphatic rings. The van der Waals surface area contributed by atoms with Gasteiger partial charge in [0.15, 0.2) is 0 Å². The van der Waals surface area contributed by atoms with Gasteiger partial charge in [-0.15, -0.1) is 24.8 Å². The van der Waals surface area contributed by atoms with E-state index < -0.39 is 0 Å². The Morgan fingerprint density at radius 1 is 1.42 bits per heavy atom. The van der Waals surface area contributed by atoms with Crippen LogP contribution in [0.4, 0.5) is 0 Å². The summed E-state index contributed by atoms with van der Waals surface area (Å²) in [5.74, 6) is 0.744. The second-order valence-electron chi connectivity index (χ2n) is 4.29. The second kappa shape index (κ2) is 6.18. The first-order chi connectivity index (χ1) is 8.22. The normalized spacial score (nSPS) is 20.0. The van der Waals surface area contributed by atoms with Crippen molar-refractivity contribution in [2.24, 2.45) is 0 Å². The van der Waals surface area contributed by atoms with Crippen LogP contribution in [0.1, 0.15) is 22.0 Å². The van der Waals surface area contributed by atoms with Crippen LogP contribution in [0.2, 0.25) is 5.02 Å². The van der Waals surface area contributed by atoms with Gasteiger partial charge in [-0.3, -0.25) is 4.79 Å². The van der Waals surface area contributed by atoms with E-state index in [2.05, 4.69) is 5.32 Å². The van der Waals surface area contributed by atoms with E-state index in [4.69, 9.17) is 16.3 Å². The molecule has 0 aromatic heterocycles. The van der Waals surface area contributed by atoms with Crippen molar-refractivity contribution in [3.05, 3.63) is 28.3 Å². The number of benzene rings is 1. The Morgan fingerprint density at radius 3 is 2.84 bits per heavy atom. The molecule has 2 aliphatic heterocycles. The Morgan fingerprint density at radius 2 is 2.16 bits per heavy atom. The van der Waals surface area contributed by atoms with Gasteiger partial charge in [-0.1, -0.05) is 11.6 Å². The number of ether oxygens (including phenoxy) is 1. The highest BCUT2D eigenvalue weighted by Crippen LogP contribution is 2.40. The van der Waals surface area contributed by atoms with Gasteiger partial charge in [0.1, 0.15) is 5.75 Å². The zero-order chi connectivity index (χ0) is 12.0. The molecule has 106 valence electrons. The van der Waals surface area contributed by atoms with Crippen molar-refractivity contribution in [1.82, 2.24) is 10.2 Å². The molecule has 0 aliphatic carbocycles. The molecule has 3 rings (SSSR count). The topological polar surface area (TPSA) is 41.6 Å². The van der Waals surface area contributed by atoms with Crippen molar-refractivity contribution in [3.63, 3.8) is 0 Å². The number of nitrogens with zero attached hydrogens (tertiary/aromatic N) is 1. The lowest BCUT2D eigenvalue weighted by molar-refractivity contribution is 0.0691. The van der Waals surface area contributed by atoms with E-state index in [0.717, 1.165) is 25.2 Å². The van der Waals surface area contributed by atoms with Gasteiger partial charge < -0.3 is 15.0 Å². The Labute approximate surface area is 129 Å². The van der Waals surface area contributed by atoms with Crippen LogP contribution in [0.5, 0.6) is 5.75 Å². The van der Waals surface area contributed by atoms with E-state index >= 15 is 0 Å². The van der Waals surface area contributed by atoms with Gasteiger partial charge in [0.2, 0.25) is 0 Å². The number of carbonyl (C=O) groups excluding carboxylic acids is 1. The zero-order valence-electron chi connectivity index (χ0n) is 10.3. The summed E-state index contributed by atoms with van der Waals surface area (Å²) in [6.45, 7) is 2.35. The summed E-state index contributed by atoms with van der Waals surface area (Å²) in [6.07, 6.45) is 0. The van der Waals surface area contributed by atoms with E-state index in [0.29, 0.717) is 16.3 Å². The lowest BCUT2D eigenvalue weighted by Gasteiger charge is -2.30. The quantitative estimate of drug-likeness (QED) is 0.861. The van der Waals surface area contributed by atoms with Gasteiger partial charge >= 0.3 is 0 Å². The molecule has 2 heterocycles. The van der Waals surface area contributed by atoms with Gasteiger partial charge in [-0.2, -0.15) is 0 Å². The molecule has 1 unspecified atom stereocenters. The van der Waals surface area contributed by atoms with Crippen LogP contribution in [0.25, 0.3) is 0 Å². The number of fused-ring (bicyclic) bond motifs is 3. The smallest absolute Gasteiger partial charge is 0.256 e. The van der Waals surface area contributed by atoms with Crippen LogP contribution in [0, 0.1) is 0 Å². The largest absolute Gasteiger partial charge is 0.497 e. The maximum atomic E-state index is 12.2. The molecule has 1 fully saturated rings. The number of hydrogen-bond acceptors (Lipinski definition) is 3. The average Bonchev–Trinajstić information content (AvgIpc) is 2.64. The number of carbonyl (C=O) groups is 1. The lowest BCUT2D eigenvalue weighted by Crippen LogP contribution is -2.44. The van der Waals surface area contributed by atoms with E-state index in [1.54, 1.807) is 13.2 Å². The maximum Gasteiger partial charge on any atom is 0.256 e. The van der Waals surface area contributed by atoms with Crippen molar-refractivity contribution >= 4 is 42.3 Å². The molecule has 1 aromatic rings. The number of piperazine rings is 1. The standard InChI is InChI=1S/C12H13ClN2O2.2ClH/c1-17-7-4-8-10-6-14-2-3-15(10)12(16)11(8)9(13)5-7;;/h4-5,10,14H,2-3,6H2,1H3;2*1H. The minimum absolute atomic E-state index is 0. The third-order valence-electron chi connectivity index (χ3n) is 3.41. The monoisotopic (exact) mass is 324 g/mol. The summed E-state index contributed by atoms with van der Waals surface area (Å²) in [4.78, 5) is 14.1. The third kappa shape index (κ3) is 2.50. The minimum Gasteiger partial charge on any atom is -0.497 e. The van der Waals surface area contributed by atoms with Gasteiger partial charge in [0.25, 0.3) is 5.91 Å². The summed E-state index contributed by atoms with van der Waals surface area (Å²) < 4.78 is 5.20. The van der Waals surface area contributed by atoms with Gasteiger partial charge in [-0.25, -0.2) is 0 Å². The van der Waals surface area contributed by atoms with E-state index in [9.17, 15) is 4.79 Å². The molecule has 1 aromatic carbocycles. The molecular formula is C12H15Cl3N2O2. The Kier molecular flexibility index (Phi) is 5.33. The average molecular weight is 326 g/mol. The van der Waals surface area contributed by atoms with Crippen molar-refractivity contribution in [2.75, 3.05) is 26.7 Å². The van der Waals surface area contributed by atoms with Gasteiger partial charge in [0, 0.05) is 19.6 Å². The maximum absolute atomic E-state index is 12.2. The molecule has 1 amide bonds. The van der Waals surface area contributed by atoms with Gasteiger partial charge in [0.05, 0.1) is 23.7 Å². The molecule has 19 heavy (non-hydrogen) atoms. The highest BCUT2D eigenvalue weighted by molar-refractivity contribution is 6.34. The molecule has 0 radical (unpaired) electrons. The predicted molar refractivity (Wildman–Crippen MR) is 79.1 cm³/mol. The minimum atomic E-state index is 0. The zero-order valence-corrected chi connectivity index (χ0v) is 12.7.